The fraction of sp³-hybridized carbons (Fsp3) is 0.538. The summed E-state index contributed by atoms with van der Waals surface area (Å²) in [6.45, 7) is 5.46. The van der Waals surface area contributed by atoms with Gasteiger partial charge >= 0.3 is 5.69 Å². The number of nitrogens with two attached hydrogens (primary N) is 1. The summed E-state index contributed by atoms with van der Waals surface area (Å²) in [6, 6.07) is 4.63. The summed E-state index contributed by atoms with van der Waals surface area (Å²) in [4.78, 5) is 10.5. The third-order valence-electron chi connectivity index (χ3n) is 3.22. The molecule has 0 radical (unpaired) electrons. The van der Waals surface area contributed by atoms with Crippen molar-refractivity contribution < 1.29 is 18.1 Å². The van der Waals surface area contributed by atoms with Crippen molar-refractivity contribution in [1.29, 1.82) is 0 Å². The topological polar surface area (TPSA) is 113 Å². The smallest absolute Gasteiger partial charge is 0.311 e. The van der Waals surface area contributed by atoms with Gasteiger partial charge in [0, 0.05) is 12.0 Å². The summed E-state index contributed by atoms with van der Waals surface area (Å²) >= 11 is 0. The molecular formula is C13H20N2O5S. The first-order valence-corrected chi connectivity index (χ1v) is 8.20. The van der Waals surface area contributed by atoms with Gasteiger partial charge in [-0.3, -0.25) is 10.1 Å². The Labute approximate surface area is 124 Å². The number of nitrogens with zero attached hydrogens (tertiary/aromatic N) is 1. The molecule has 2 N–H and O–H groups in total. The van der Waals surface area contributed by atoms with Gasteiger partial charge < -0.3 is 4.74 Å². The zero-order chi connectivity index (χ0) is 16.2. The van der Waals surface area contributed by atoms with Gasteiger partial charge in [0.05, 0.1) is 17.3 Å². The summed E-state index contributed by atoms with van der Waals surface area (Å²) in [5.41, 5.74) is 0.496. The van der Waals surface area contributed by atoms with Crippen molar-refractivity contribution in [3.8, 4) is 5.75 Å². The number of primary sulfonamides is 1. The lowest BCUT2D eigenvalue weighted by molar-refractivity contribution is -0.386. The van der Waals surface area contributed by atoms with E-state index in [1.807, 2.05) is 13.8 Å². The maximum atomic E-state index is 11.2. The summed E-state index contributed by atoms with van der Waals surface area (Å²) < 4.78 is 28.0. The van der Waals surface area contributed by atoms with E-state index in [1.54, 1.807) is 19.1 Å². The number of rotatable bonds is 7. The van der Waals surface area contributed by atoms with Crippen LogP contribution in [0.4, 0.5) is 5.69 Å². The molecule has 118 valence electrons. The Hall–Kier alpha value is -1.67. The SMILES string of the molecule is Cc1cccc([N+](=O)[O-])c1OCC(CS(N)(=O)=O)C(C)C. The normalized spacial score (nSPS) is 13.2. The average molecular weight is 316 g/mol. The van der Waals surface area contributed by atoms with Crippen LogP contribution < -0.4 is 9.88 Å². The number of hydrogen-bond donors (Lipinski definition) is 1. The molecule has 0 amide bonds. The van der Waals surface area contributed by atoms with E-state index in [9.17, 15) is 18.5 Å². The standard InChI is InChI=1S/C13H20N2O5S/c1-9(2)11(8-21(14,18)19)7-20-13-10(3)5-4-6-12(13)15(16)17/h4-6,9,11H,7-8H2,1-3H3,(H2,14,18,19). The Morgan fingerprint density at radius 2 is 2.00 bits per heavy atom. The fourth-order valence-electron chi connectivity index (χ4n) is 1.89. The zero-order valence-corrected chi connectivity index (χ0v) is 13.1. The molecule has 8 heteroatoms. The van der Waals surface area contributed by atoms with Crippen LogP contribution in [0.5, 0.6) is 5.75 Å². The second-order valence-corrected chi connectivity index (χ2v) is 6.98. The summed E-state index contributed by atoms with van der Waals surface area (Å²) in [5.74, 6) is -0.363. The van der Waals surface area contributed by atoms with Crippen LogP contribution in [0, 0.1) is 28.9 Å². The average Bonchev–Trinajstić information content (AvgIpc) is 2.33. The van der Waals surface area contributed by atoms with Crippen molar-refractivity contribution in [2.75, 3.05) is 12.4 Å². The second kappa shape index (κ2) is 6.86. The van der Waals surface area contributed by atoms with E-state index < -0.39 is 14.9 Å². The molecule has 0 spiro atoms. The highest BCUT2D eigenvalue weighted by molar-refractivity contribution is 7.89. The number of nitro benzene ring substituents is 1. The molecule has 0 fully saturated rings. The van der Waals surface area contributed by atoms with Gasteiger partial charge in [0.2, 0.25) is 10.0 Å². The van der Waals surface area contributed by atoms with E-state index in [0.29, 0.717) is 5.56 Å². The molecule has 0 aliphatic carbocycles. The summed E-state index contributed by atoms with van der Waals surface area (Å²) in [5, 5.41) is 16.1. The van der Waals surface area contributed by atoms with Crippen LogP contribution in [0.25, 0.3) is 0 Å². The van der Waals surface area contributed by atoms with Gasteiger partial charge in [-0.15, -0.1) is 0 Å². The van der Waals surface area contributed by atoms with Crippen LogP contribution >= 0.6 is 0 Å². The Morgan fingerprint density at radius 3 is 2.48 bits per heavy atom. The minimum atomic E-state index is -3.62. The molecule has 1 unspecified atom stereocenters. The van der Waals surface area contributed by atoms with Crippen molar-refractivity contribution in [2.45, 2.75) is 20.8 Å². The molecule has 1 aromatic rings. The maximum absolute atomic E-state index is 11.2. The van der Waals surface area contributed by atoms with Crippen LogP contribution in [0.15, 0.2) is 18.2 Å². The van der Waals surface area contributed by atoms with Crippen LogP contribution in [0.1, 0.15) is 19.4 Å². The molecule has 0 saturated carbocycles. The summed E-state index contributed by atoms with van der Waals surface area (Å²) in [7, 11) is -3.62. The predicted molar refractivity (Wildman–Crippen MR) is 79.6 cm³/mol. The van der Waals surface area contributed by atoms with Crippen LogP contribution in [0.2, 0.25) is 0 Å². The number of hydrogen-bond acceptors (Lipinski definition) is 5. The molecule has 0 heterocycles. The number of sulfonamides is 1. The fourth-order valence-corrected chi connectivity index (χ4v) is 2.97. The van der Waals surface area contributed by atoms with E-state index in [1.165, 1.54) is 6.07 Å². The molecule has 21 heavy (non-hydrogen) atoms. The van der Waals surface area contributed by atoms with Gasteiger partial charge in [-0.1, -0.05) is 26.0 Å². The first-order valence-electron chi connectivity index (χ1n) is 6.49. The Kier molecular flexibility index (Phi) is 5.68. The molecule has 0 aliphatic rings. The molecule has 1 atom stereocenters. The molecule has 0 bridgehead atoms. The molecule has 0 aliphatic heterocycles. The zero-order valence-electron chi connectivity index (χ0n) is 12.3. The highest BCUT2D eigenvalue weighted by Gasteiger charge is 2.23. The lowest BCUT2D eigenvalue weighted by Gasteiger charge is -2.20. The van der Waals surface area contributed by atoms with Gasteiger partial charge in [-0.05, 0) is 18.4 Å². The molecular weight excluding hydrogens is 296 g/mol. The van der Waals surface area contributed by atoms with E-state index >= 15 is 0 Å². The van der Waals surface area contributed by atoms with E-state index in [4.69, 9.17) is 9.88 Å². The highest BCUT2D eigenvalue weighted by Crippen LogP contribution is 2.31. The van der Waals surface area contributed by atoms with E-state index in [0.717, 1.165) is 0 Å². The number of benzene rings is 1. The minimum Gasteiger partial charge on any atom is -0.486 e. The van der Waals surface area contributed by atoms with Gasteiger partial charge in [-0.25, -0.2) is 13.6 Å². The molecule has 1 aromatic carbocycles. The number of ether oxygens (including phenoxy) is 1. The minimum absolute atomic E-state index is 0.0198. The van der Waals surface area contributed by atoms with Gasteiger partial charge in [0.15, 0.2) is 5.75 Å². The van der Waals surface area contributed by atoms with Crippen LogP contribution in [-0.4, -0.2) is 25.7 Å². The second-order valence-electron chi connectivity index (χ2n) is 5.32. The lowest BCUT2D eigenvalue weighted by atomic mass is 9.99. The van der Waals surface area contributed by atoms with Crippen molar-refractivity contribution in [1.82, 2.24) is 0 Å². The molecule has 1 rings (SSSR count). The first-order chi connectivity index (χ1) is 9.61. The number of nitro groups is 1. The van der Waals surface area contributed by atoms with Gasteiger partial charge in [-0.2, -0.15) is 0 Å². The number of aryl methyl sites for hydroxylation is 1. The lowest BCUT2D eigenvalue weighted by Crippen LogP contribution is -2.30. The van der Waals surface area contributed by atoms with Gasteiger partial charge in [0.1, 0.15) is 0 Å². The van der Waals surface area contributed by atoms with E-state index in [2.05, 4.69) is 0 Å². The van der Waals surface area contributed by atoms with Crippen LogP contribution in [0.3, 0.4) is 0 Å². The Bertz CT molecular complexity index is 613. The highest BCUT2D eigenvalue weighted by atomic mass is 32.2. The number of para-hydroxylation sites is 1. The molecule has 7 nitrogen and oxygen atoms in total. The van der Waals surface area contributed by atoms with Crippen molar-refractivity contribution in [3.05, 3.63) is 33.9 Å². The third-order valence-corrected chi connectivity index (χ3v) is 4.11. The first kappa shape index (κ1) is 17.4. The quantitative estimate of drug-likeness (QED) is 0.609. The maximum Gasteiger partial charge on any atom is 0.311 e. The van der Waals surface area contributed by atoms with Gasteiger partial charge in [0.25, 0.3) is 0 Å². The van der Waals surface area contributed by atoms with Crippen molar-refractivity contribution in [2.24, 2.45) is 17.0 Å². The predicted octanol–water partition coefficient (Wildman–Crippen LogP) is 1.84. The third kappa shape index (κ3) is 5.31. The monoisotopic (exact) mass is 316 g/mol. The van der Waals surface area contributed by atoms with Crippen LogP contribution in [-0.2, 0) is 10.0 Å². The molecule has 0 saturated heterocycles. The van der Waals surface area contributed by atoms with E-state index in [-0.39, 0.29) is 35.6 Å². The van der Waals surface area contributed by atoms with Crippen molar-refractivity contribution in [3.63, 3.8) is 0 Å². The largest absolute Gasteiger partial charge is 0.486 e. The molecule has 0 aromatic heterocycles. The summed E-state index contributed by atoms with van der Waals surface area (Å²) in [6.07, 6.45) is 0. The van der Waals surface area contributed by atoms with Crippen molar-refractivity contribution >= 4 is 15.7 Å². The Morgan fingerprint density at radius 1 is 1.38 bits per heavy atom. The Balaban J connectivity index is 2.93.